The lowest BCUT2D eigenvalue weighted by atomic mass is 10.1. The third-order valence-corrected chi connectivity index (χ3v) is 2.91. The summed E-state index contributed by atoms with van der Waals surface area (Å²) in [5, 5.41) is 5.47. The van der Waals surface area contributed by atoms with Crippen LogP contribution in [0.3, 0.4) is 0 Å². The Hall–Kier alpha value is -1.91. The number of aryl methyl sites for hydroxylation is 1. The minimum atomic E-state index is -0.540. The SMILES string of the molecule is CCc1ccc(NC(CCC=O)C(=O)NC)cc1F. The molecule has 0 aromatic heterocycles. The number of nitrogens with one attached hydrogen (secondary N) is 2. The van der Waals surface area contributed by atoms with E-state index in [9.17, 15) is 14.0 Å². The summed E-state index contributed by atoms with van der Waals surface area (Å²) in [6, 6.07) is 4.26. The second-order valence-corrected chi connectivity index (χ2v) is 4.21. The first-order valence-corrected chi connectivity index (χ1v) is 6.32. The molecule has 0 heterocycles. The summed E-state index contributed by atoms with van der Waals surface area (Å²) in [4.78, 5) is 22.0. The van der Waals surface area contributed by atoms with Gasteiger partial charge in [0.15, 0.2) is 0 Å². The minimum Gasteiger partial charge on any atom is -0.374 e. The Labute approximate surface area is 112 Å². The lowest BCUT2D eigenvalue weighted by Crippen LogP contribution is -2.37. The van der Waals surface area contributed by atoms with E-state index in [4.69, 9.17) is 0 Å². The molecular weight excluding hydrogens is 247 g/mol. The fraction of sp³-hybridized carbons (Fsp3) is 0.429. The van der Waals surface area contributed by atoms with Crippen LogP contribution in [0.25, 0.3) is 0 Å². The molecule has 5 heteroatoms. The number of halogens is 1. The topological polar surface area (TPSA) is 58.2 Å². The second kappa shape index (κ2) is 7.51. The van der Waals surface area contributed by atoms with Crippen LogP contribution in [0, 0.1) is 5.82 Å². The van der Waals surface area contributed by atoms with Crippen LogP contribution in [-0.2, 0) is 16.0 Å². The lowest BCUT2D eigenvalue weighted by molar-refractivity contribution is -0.121. The van der Waals surface area contributed by atoms with E-state index in [1.165, 1.54) is 13.1 Å². The first kappa shape index (κ1) is 15.1. The van der Waals surface area contributed by atoms with Crippen molar-refractivity contribution in [1.82, 2.24) is 5.32 Å². The monoisotopic (exact) mass is 266 g/mol. The van der Waals surface area contributed by atoms with Gasteiger partial charge >= 0.3 is 0 Å². The maximum Gasteiger partial charge on any atom is 0.242 e. The molecule has 1 rings (SSSR count). The van der Waals surface area contributed by atoms with Crippen molar-refractivity contribution in [2.24, 2.45) is 0 Å². The molecule has 1 atom stereocenters. The molecule has 1 unspecified atom stereocenters. The maximum atomic E-state index is 13.6. The van der Waals surface area contributed by atoms with Gasteiger partial charge in [-0.1, -0.05) is 13.0 Å². The Balaban J connectivity index is 2.80. The third kappa shape index (κ3) is 4.35. The number of likely N-dealkylation sites (N-methyl/N-ethyl adjacent to an activating group) is 1. The van der Waals surface area contributed by atoms with Gasteiger partial charge in [0.05, 0.1) is 0 Å². The summed E-state index contributed by atoms with van der Waals surface area (Å²) < 4.78 is 13.6. The van der Waals surface area contributed by atoms with Crippen LogP contribution in [0.2, 0.25) is 0 Å². The molecule has 0 aliphatic rings. The molecule has 0 radical (unpaired) electrons. The fourth-order valence-electron chi connectivity index (χ4n) is 1.80. The van der Waals surface area contributed by atoms with E-state index >= 15 is 0 Å². The summed E-state index contributed by atoms with van der Waals surface area (Å²) in [6.45, 7) is 1.88. The summed E-state index contributed by atoms with van der Waals surface area (Å²) in [5.41, 5.74) is 1.17. The molecule has 0 saturated heterocycles. The fourth-order valence-corrected chi connectivity index (χ4v) is 1.80. The summed E-state index contributed by atoms with van der Waals surface area (Å²) in [6.07, 6.45) is 2.04. The van der Waals surface area contributed by atoms with Gasteiger partial charge in [0.2, 0.25) is 5.91 Å². The molecule has 1 aromatic carbocycles. The number of aldehydes is 1. The zero-order valence-corrected chi connectivity index (χ0v) is 11.2. The van der Waals surface area contributed by atoms with Crippen molar-refractivity contribution in [3.63, 3.8) is 0 Å². The molecule has 0 bridgehead atoms. The highest BCUT2D eigenvalue weighted by atomic mass is 19.1. The summed E-state index contributed by atoms with van der Waals surface area (Å²) >= 11 is 0. The number of benzene rings is 1. The Bertz CT molecular complexity index is 449. The highest BCUT2D eigenvalue weighted by Crippen LogP contribution is 2.16. The second-order valence-electron chi connectivity index (χ2n) is 4.21. The Morgan fingerprint density at radius 3 is 2.74 bits per heavy atom. The predicted octanol–water partition coefficient (Wildman–Crippen LogP) is 1.89. The number of rotatable bonds is 7. The molecule has 0 aliphatic carbocycles. The standard InChI is InChI=1S/C14H19FN2O2/c1-3-10-6-7-11(9-12(10)15)17-13(5-4-8-18)14(19)16-2/h6-9,13,17H,3-5H2,1-2H3,(H,16,19). The average Bonchev–Trinajstić information content (AvgIpc) is 2.42. The highest BCUT2D eigenvalue weighted by Gasteiger charge is 2.16. The molecule has 104 valence electrons. The van der Waals surface area contributed by atoms with E-state index in [1.807, 2.05) is 6.92 Å². The number of carbonyl (C=O) groups is 2. The average molecular weight is 266 g/mol. The van der Waals surface area contributed by atoms with E-state index in [2.05, 4.69) is 10.6 Å². The molecule has 1 aromatic rings. The van der Waals surface area contributed by atoms with E-state index in [0.717, 1.165) is 6.29 Å². The number of hydrogen-bond donors (Lipinski definition) is 2. The van der Waals surface area contributed by atoms with Gasteiger partial charge < -0.3 is 15.4 Å². The van der Waals surface area contributed by atoms with E-state index in [0.29, 0.717) is 24.1 Å². The van der Waals surface area contributed by atoms with Crippen LogP contribution >= 0.6 is 0 Å². The molecule has 1 amide bonds. The molecule has 0 saturated carbocycles. The Morgan fingerprint density at radius 1 is 1.47 bits per heavy atom. The van der Waals surface area contributed by atoms with E-state index in [-0.39, 0.29) is 18.1 Å². The summed E-state index contributed by atoms with van der Waals surface area (Å²) in [5.74, 6) is -0.514. The van der Waals surface area contributed by atoms with Crippen molar-refractivity contribution in [3.05, 3.63) is 29.6 Å². The molecule has 2 N–H and O–H groups in total. The van der Waals surface area contributed by atoms with Crippen molar-refractivity contribution in [2.75, 3.05) is 12.4 Å². The van der Waals surface area contributed by atoms with E-state index in [1.54, 1.807) is 12.1 Å². The van der Waals surface area contributed by atoms with Gasteiger partial charge in [-0.25, -0.2) is 4.39 Å². The van der Waals surface area contributed by atoms with Crippen molar-refractivity contribution >= 4 is 17.9 Å². The quantitative estimate of drug-likeness (QED) is 0.741. The van der Waals surface area contributed by atoms with Gasteiger partial charge in [0, 0.05) is 19.2 Å². The number of amides is 1. The normalized spacial score (nSPS) is 11.7. The highest BCUT2D eigenvalue weighted by molar-refractivity contribution is 5.84. The number of hydrogen-bond acceptors (Lipinski definition) is 3. The first-order valence-electron chi connectivity index (χ1n) is 6.32. The minimum absolute atomic E-state index is 0.221. The summed E-state index contributed by atoms with van der Waals surface area (Å²) in [7, 11) is 1.53. The Morgan fingerprint density at radius 2 is 2.21 bits per heavy atom. The predicted molar refractivity (Wildman–Crippen MR) is 72.6 cm³/mol. The van der Waals surface area contributed by atoms with Gasteiger partial charge in [-0.3, -0.25) is 4.79 Å². The van der Waals surface area contributed by atoms with Gasteiger partial charge in [-0.2, -0.15) is 0 Å². The zero-order valence-electron chi connectivity index (χ0n) is 11.2. The van der Waals surface area contributed by atoms with Crippen molar-refractivity contribution < 1.29 is 14.0 Å². The van der Waals surface area contributed by atoms with E-state index < -0.39 is 6.04 Å². The third-order valence-electron chi connectivity index (χ3n) is 2.91. The zero-order chi connectivity index (χ0) is 14.3. The van der Waals surface area contributed by atoms with Crippen molar-refractivity contribution in [2.45, 2.75) is 32.2 Å². The first-order chi connectivity index (χ1) is 9.12. The van der Waals surface area contributed by atoms with Crippen LogP contribution < -0.4 is 10.6 Å². The number of anilines is 1. The largest absolute Gasteiger partial charge is 0.374 e. The Kier molecular flexibility index (Phi) is 5.99. The van der Waals surface area contributed by atoms with Gasteiger partial charge in [-0.15, -0.1) is 0 Å². The van der Waals surface area contributed by atoms with Crippen LogP contribution in [0.1, 0.15) is 25.3 Å². The van der Waals surface area contributed by atoms with Gasteiger partial charge in [-0.05, 0) is 30.5 Å². The molecule has 0 spiro atoms. The van der Waals surface area contributed by atoms with Crippen LogP contribution in [0.5, 0.6) is 0 Å². The smallest absolute Gasteiger partial charge is 0.242 e. The number of carbonyl (C=O) groups excluding carboxylic acids is 2. The van der Waals surface area contributed by atoms with Crippen LogP contribution in [-0.4, -0.2) is 25.3 Å². The molecular formula is C14H19FN2O2. The van der Waals surface area contributed by atoms with Gasteiger partial charge in [0.25, 0.3) is 0 Å². The van der Waals surface area contributed by atoms with Crippen LogP contribution in [0.15, 0.2) is 18.2 Å². The maximum absolute atomic E-state index is 13.6. The van der Waals surface area contributed by atoms with Crippen molar-refractivity contribution in [3.8, 4) is 0 Å². The lowest BCUT2D eigenvalue weighted by Gasteiger charge is -2.18. The van der Waals surface area contributed by atoms with Crippen molar-refractivity contribution in [1.29, 1.82) is 0 Å². The molecule has 19 heavy (non-hydrogen) atoms. The molecule has 0 fully saturated rings. The van der Waals surface area contributed by atoms with Gasteiger partial charge in [0.1, 0.15) is 18.1 Å². The molecule has 0 aliphatic heterocycles. The van der Waals surface area contributed by atoms with Crippen LogP contribution in [0.4, 0.5) is 10.1 Å². The molecule has 4 nitrogen and oxygen atoms in total.